The Morgan fingerprint density at radius 3 is 2.58 bits per heavy atom. The van der Waals surface area contributed by atoms with Gasteiger partial charge in [0.15, 0.2) is 5.78 Å². The molecule has 1 aliphatic heterocycles. The van der Waals surface area contributed by atoms with E-state index in [1.807, 2.05) is 6.92 Å². The number of nitrogens with one attached hydrogen (secondary N) is 1. The van der Waals surface area contributed by atoms with Crippen molar-refractivity contribution in [3.63, 3.8) is 0 Å². The first-order chi connectivity index (χ1) is 9.03. The third-order valence-corrected chi connectivity index (χ3v) is 3.81. The monoisotopic (exact) mass is 255 g/mol. The van der Waals surface area contributed by atoms with Crippen LogP contribution in [0.3, 0.4) is 0 Å². The highest BCUT2D eigenvalue weighted by Gasteiger charge is 2.49. The normalized spacial score (nSPS) is 25.9. The maximum atomic E-state index is 12.3. The first-order valence-electron chi connectivity index (χ1n) is 6.18. The SMILES string of the molecule is CC1=CC(=O)C[C@@]2(C1)C(=O)NC(=O)c1ccccc12. The van der Waals surface area contributed by atoms with E-state index in [9.17, 15) is 14.4 Å². The van der Waals surface area contributed by atoms with Gasteiger partial charge in [-0.15, -0.1) is 0 Å². The van der Waals surface area contributed by atoms with E-state index in [1.54, 1.807) is 30.3 Å². The van der Waals surface area contributed by atoms with Crippen molar-refractivity contribution >= 4 is 17.6 Å². The van der Waals surface area contributed by atoms with Crippen LogP contribution in [0, 0.1) is 0 Å². The van der Waals surface area contributed by atoms with Crippen LogP contribution >= 0.6 is 0 Å². The second kappa shape index (κ2) is 3.88. The Morgan fingerprint density at radius 1 is 1.11 bits per heavy atom. The van der Waals surface area contributed by atoms with Crippen LogP contribution in [0.15, 0.2) is 35.9 Å². The fourth-order valence-electron chi connectivity index (χ4n) is 3.07. The van der Waals surface area contributed by atoms with E-state index in [2.05, 4.69) is 5.32 Å². The average molecular weight is 255 g/mol. The fraction of sp³-hybridized carbons (Fsp3) is 0.267. The molecule has 1 aromatic carbocycles. The van der Waals surface area contributed by atoms with Crippen LogP contribution in [0.5, 0.6) is 0 Å². The molecule has 19 heavy (non-hydrogen) atoms. The number of imide groups is 1. The van der Waals surface area contributed by atoms with Crippen LogP contribution in [-0.4, -0.2) is 17.6 Å². The van der Waals surface area contributed by atoms with E-state index >= 15 is 0 Å². The molecule has 1 N–H and O–H groups in total. The van der Waals surface area contributed by atoms with Crippen LogP contribution < -0.4 is 5.32 Å². The molecule has 1 spiro atoms. The Bertz CT molecular complexity index is 645. The molecule has 0 fully saturated rings. The van der Waals surface area contributed by atoms with Gasteiger partial charge in [-0.3, -0.25) is 19.7 Å². The summed E-state index contributed by atoms with van der Waals surface area (Å²) in [5, 5.41) is 2.38. The summed E-state index contributed by atoms with van der Waals surface area (Å²) < 4.78 is 0. The first kappa shape index (κ1) is 11.8. The summed E-state index contributed by atoms with van der Waals surface area (Å²) in [6.45, 7) is 1.84. The van der Waals surface area contributed by atoms with Gasteiger partial charge in [0.2, 0.25) is 5.91 Å². The summed E-state index contributed by atoms with van der Waals surface area (Å²) in [6.07, 6.45) is 2.19. The van der Waals surface area contributed by atoms with E-state index < -0.39 is 5.41 Å². The smallest absolute Gasteiger partial charge is 0.258 e. The maximum Gasteiger partial charge on any atom is 0.258 e. The summed E-state index contributed by atoms with van der Waals surface area (Å²) in [5.41, 5.74) is 1.12. The van der Waals surface area contributed by atoms with E-state index in [4.69, 9.17) is 0 Å². The van der Waals surface area contributed by atoms with Gasteiger partial charge in [-0.25, -0.2) is 0 Å². The zero-order valence-corrected chi connectivity index (χ0v) is 10.5. The Labute approximate surface area is 110 Å². The number of carbonyl (C=O) groups is 3. The molecule has 4 heteroatoms. The second-order valence-electron chi connectivity index (χ2n) is 5.22. The number of fused-ring (bicyclic) bond motifs is 2. The molecule has 0 bridgehead atoms. The Hall–Kier alpha value is -2.23. The summed E-state index contributed by atoms with van der Waals surface area (Å²) in [5.74, 6) is -0.814. The van der Waals surface area contributed by atoms with Gasteiger partial charge in [0.1, 0.15) is 0 Å². The van der Waals surface area contributed by atoms with Crippen molar-refractivity contribution in [3.05, 3.63) is 47.0 Å². The van der Waals surface area contributed by atoms with Crippen molar-refractivity contribution in [2.75, 3.05) is 0 Å². The molecule has 1 atom stereocenters. The molecule has 4 nitrogen and oxygen atoms in total. The summed E-state index contributed by atoms with van der Waals surface area (Å²) in [4.78, 5) is 36.0. The Balaban J connectivity index is 2.24. The lowest BCUT2D eigenvalue weighted by molar-refractivity contribution is -0.130. The molecule has 0 radical (unpaired) electrons. The van der Waals surface area contributed by atoms with Gasteiger partial charge < -0.3 is 0 Å². The van der Waals surface area contributed by atoms with Crippen LogP contribution in [0.4, 0.5) is 0 Å². The van der Waals surface area contributed by atoms with Crippen LogP contribution in [0.1, 0.15) is 35.7 Å². The highest BCUT2D eigenvalue weighted by molar-refractivity contribution is 6.15. The number of rotatable bonds is 0. The van der Waals surface area contributed by atoms with Gasteiger partial charge >= 0.3 is 0 Å². The first-order valence-corrected chi connectivity index (χ1v) is 6.18. The highest BCUT2D eigenvalue weighted by Crippen LogP contribution is 2.41. The molecule has 0 aromatic heterocycles. The topological polar surface area (TPSA) is 63.2 Å². The van der Waals surface area contributed by atoms with Gasteiger partial charge in [0.05, 0.1) is 5.41 Å². The Kier molecular flexibility index (Phi) is 2.42. The van der Waals surface area contributed by atoms with Gasteiger partial charge in [0.25, 0.3) is 5.91 Å². The highest BCUT2D eigenvalue weighted by atomic mass is 16.2. The van der Waals surface area contributed by atoms with E-state index in [0.29, 0.717) is 17.5 Å². The lowest BCUT2D eigenvalue weighted by Crippen LogP contribution is -2.53. The van der Waals surface area contributed by atoms with Gasteiger partial charge in [-0.05, 0) is 31.1 Å². The second-order valence-corrected chi connectivity index (χ2v) is 5.22. The average Bonchev–Trinajstić information content (AvgIpc) is 2.36. The lowest BCUT2D eigenvalue weighted by atomic mass is 9.66. The molecule has 1 aliphatic carbocycles. The summed E-state index contributed by atoms with van der Waals surface area (Å²) in [7, 11) is 0. The molecule has 2 aliphatic rings. The quantitative estimate of drug-likeness (QED) is 0.715. The minimum atomic E-state index is -0.916. The van der Waals surface area contributed by atoms with Crippen molar-refractivity contribution in [2.24, 2.45) is 0 Å². The van der Waals surface area contributed by atoms with E-state index in [1.165, 1.54) is 0 Å². The molecule has 3 rings (SSSR count). The third-order valence-electron chi connectivity index (χ3n) is 3.81. The molecular weight excluding hydrogens is 242 g/mol. The van der Waals surface area contributed by atoms with Crippen molar-refractivity contribution in [3.8, 4) is 0 Å². The lowest BCUT2D eigenvalue weighted by Gasteiger charge is -2.38. The Morgan fingerprint density at radius 2 is 1.84 bits per heavy atom. The molecule has 0 saturated carbocycles. The molecule has 0 saturated heterocycles. The zero-order valence-electron chi connectivity index (χ0n) is 10.5. The predicted molar refractivity (Wildman–Crippen MR) is 68.6 cm³/mol. The number of hydrogen-bond acceptors (Lipinski definition) is 3. The third kappa shape index (κ3) is 1.63. The van der Waals surface area contributed by atoms with Gasteiger partial charge in [-0.1, -0.05) is 23.8 Å². The predicted octanol–water partition coefficient (Wildman–Crippen LogP) is 1.50. The summed E-state index contributed by atoms with van der Waals surface area (Å²) in [6, 6.07) is 7.02. The maximum absolute atomic E-state index is 12.3. The molecule has 1 heterocycles. The standard InChI is InChI=1S/C15H13NO3/c1-9-6-10(17)8-15(7-9)12-5-3-2-4-11(12)13(18)16-14(15)19/h2-6H,7-8H2,1H3,(H,16,18,19)/t15-/m1/s1. The van der Waals surface area contributed by atoms with Gasteiger partial charge in [-0.2, -0.15) is 0 Å². The largest absolute Gasteiger partial charge is 0.295 e. The minimum Gasteiger partial charge on any atom is -0.295 e. The van der Waals surface area contributed by atoms with Crippen molar-refractivity contribution < 1.29 is 14.4 Å². The number of ketones is 1. The van der Waals surface area contributed by atoms with Gasteiger partial charge in [0, 0.05) is 12.0 Å². The van der Waals surface area contributed by atoms with E-state index in [0.717, 1.165) is 5.57 Å². The number of amides is 2. The van der Waals surface area contributed by atoms with Crippen LogP contribution in [0.25, 0.3) is 0 Å². The van der Waals surface area contributed by atoms with Crippen LogP contribution in [-0.2, 0) is 15.0 Å². The molecule has 0 unspecified atom stereocenters. The molecular formula is C15H13NO3. The zero-order chi connectivity index (χ0) is 13.6. The summed E-state index contributed by atoms with van der Waals surface area (Å²) >= 11 is 0. The molecule has 96 valence electrons. The number of carbonyl (C=O) groups excluding carboxylic acids is 3. The van der Waals surface area contributed by atoms with Crippen molar-refractivity contribution in [1.29, 1.82) is 0 Å². The fourth-order valence-corrected chi connectivity index (χ4v) is 3.07. The van der Waals surface area contributed by atoms with Crippen molar-refractivity contribution in [1.82, 2.24) is 5.32 Å². The number of benzene rings is 1. The minimum absolute atomic E-state index is 0.0666. The van der Waals surface area contributed by atoms with Crippen LogP contribution in [0.2, 0.25) is 0 Å². The molecule has 1 aromatic rings. The molecule has 2 amide bonds. The number of hydrogen-bond donors (Lipinski definition) is 1. The van der Waals surface area contributed by atoms with E-state index in [-0.39, 0.29) is 24.0 Å². The number of allylic oxidation sites excluding steroid dienone is 2. The van der Waals surface area contributed by atoms with Crippen molar-refractivity contribution in [2.45, 2.75) is 25.2 Å².